The molecule has 1 rings (SSSR count). The van der Waals surface area contributed by atoms with Crippen LogP contribution < -0.4 is 0 Å². The van der Waals surface area contributed by atoms with Crippen molar-refractivity contribution in [2.24, 2.45) is 17.8 Å². The number of carbonyl (C=O) groups excluding carboxylic acids is 1. The Kier molecular flexibility index (Phi) is 5.61. The van der Waals surface area contributed by atoms with Crippen LogP contribution in [-0.2, 0) is 4.79 Å². The van der Waals surface area contributed by atoms with Crippen molar-refractivity contribution in [3.05, 3.63) is 0 Å². The van der Waals surface area contributed by atoms with Gasteiger partial charge in [-0.2, -0.15) is 0 Å². The van der Waals surface area contributed by atoms with Crippen molar-refractivity contribution in [2.45, 2.75) is 79.3 Å². The first-order valence-electron chi connectivity index (χ1n) is 8.05. The first-order valence-corrected chi connectivity index (χ1v) is 8.05. The number of hydrogen-bond acceptors (Lipinski definition) is 2. The van der Waals surface area contributed by atoms with E-state index in [-0.39, 0.29) is 17.5 Å². The lowest BCUT2D eigenvalue weighted by atomic mass is 9.86. The number of carbonyl (C=O) groups is 1. The molecule has 112 valence electrons. The molecule has 1 fully saturated rings. The summed E-state index contributed by atoms with van der Waals surface area (Å²) >= 11 is 0. The van der Waals surface area contributed by atoms with E-state index >= 15 is 0 Å². The van der Waals surface area contributed by atoms with Crippen molar-refractivity contribution >= 4 is 5.78 Å². The Morgan fingerprint density at radius 3 is 2.26 bits per heavy atom. The van der Waals surface area contributed by atoms with Gasteiger partial charge in [-0.15, -0.1) is 0 Å². The Hall–Kier alpha value is -0.370. The van der Waals surface area contributed by atoms with Crippen LogP contribution in [0.2, 0.25) is 0 Å². The van der Waals surface area contributed by atoms with E-state index in [1.807, 2.05) is 0 Å². The van der Waals surface area contributed by atoms with Crippen LogP contribution in [-0.4, -0.2) is 28.8 Å². The largest absolute Gasteiger partial charge is 0.298 e. The van der Waals surface area contributed by atoms with E-state index in [1.165, 1.54) is 12.8 Å². The summed E-state index contributed by atoms with van der Waals surface area (Å²) in [6.07, 6.45) is 3.41. The van der Waals surface area contributed by atoms with Crippen molar-refractivity contribution < 1.29 is 4.79 Å². The smallest absolute Gasteiger partial charge is 0.152 e. The van der Waals surface area contributed by atoms with E-state index in [0.29, 0.717) is 5.78 Å². The molecular weight excluding hydrogens is 234 g/mol. The molecule has 2 heteroatoms. The maximum atomic E-state index is 12.5. The molecule has 4 unspecified atom stereocenters. The Bertz CT molecular complexity index is 310. The van der Waals surface area contributed by atoms with Gasteiger partial charge in [0.1, 0.15) is 0 Å². The average Bonchev–Trinajstić information content (AvgIpc) is 2.70. The lowest BCUT2D eigenvalue weighted by Gasteiger charge is -2.36. The first-order chi connectivity index (χ1) is 8.74. The van der Waals surface area contributed by atoms with Crippen molar-refractivity contribution in [2.75, 3.05) is 6.54 Å². The molecule has 1 aliphatic rings. The van der Waals surface area contributed by atoms with Crippen molar-refractivity contribution in [1.29, 1.82) is 0 Å². The second kappa shape index (κ2) is 6.39. The first kappa shape index (κ1) is 16.7. The number of hydrogen-bond donors (Lipinski definition) is 0. The van der Waals surface area contributed by atoms with E-state index in [0.717, 1.165) is 24.8 Å². The summed E-state index contributed by atoms with van der Waals surface area (Å²) in [6, 6.07) is 0.0685. The molecule has 0 aromatic carbocycles. The highest BCUT2D eigenvalue weighted by atomic mass is 16.1. The fourth-order valence-electron chi connectivity index (χ4n) is 3.49. The molecule has 1 heterocycles. The molecule has 0 spiro atoms. The van der Waals surface area contributed by atoms with Crippen LogP contribution in [0.3, 0.4) is 0 Å². The third kappa shape index (κ3) is 3.59. The lowest BCUT2D eigenvalue weighted by Crippen LogP contribution is -2.49. The quantitative estimate of drug-likeness (QED) is 0.721. The van der Waals surface area contributed by atoms with Gasteiger partial charge in [-0.1, -0.05) is 34.1 Å². The second-order valence-corrected chi connectivity index (χ2v) is 7.20. The summed E-state index contributed by atoms with van der Waals surface area (Å²) in [7, 11) is 0. The van der Waals surface area contributed by atoms with Crippen molar-refractivity contribution in [3.63, 3.8) is 0 Å². The highest BCUT2D eigenvalue weighted by Gasteiger charge is 2.43. The zero-order valence-electron chi connectivity index (χ0n) is 14.0. The molecule has 19 heavy (non-hydrogen) atoms. The topological polar surface area (TPSA) is 20.3 Å². The van der Waals surface area contributed by atoms with E-state index in [4.69, 9.17) is 0 Å². The predicted molar refractivity (Wildman–Crippen MR) is 82.3 cm³/mol. The average molecular weight is 267 g/mol. The molecule has 0 N–H and O–H groups in total. The third-order valence-electron chi connectivity index (χ3n) is 5.40. The highest BCUT2D eigenvalue weighted by molar-refractivity contribution is 5.85. The summed E-state index contributed by atoms with van der Waals surface area (Å²) in [5, 5.41) is 0. The fourth-order valence-corrected chi connectivity index (χ4v) is 3.49. The lowest BCUT2D eigenvalue weighted by molar-refractivity contribution is -0.128. The monoisotopic (exact) mass is 267 g/mol. The Labute approximate surface area is 119 Å². The van der Waals surface area contributed by atoms with Crippen molar-refractivity contribution in [3.8, 4) is 0 Å². The molecule has 1 aliphatic heterocycles. The van der Waals surface area contributed by atoms with Gasteiger partial charge in [0.2, 0.25) is 0 Å². The van der Waals surface area contributed by atoms with Gasteiger partial charge < -0.3 is 0 Å². The van der Waals surface area contributed by atoms with Crippen LogP contribution in [0.5, 0.6) is 0 Å². The molecule has 2 nitrogen and oxygen atoms in total. The minimum atomic E-state index is 0.0685. The summed E-state index contributed by atoms with van der Waals surface area (Å²) in [5.41, 5.74) is 0.163. The van der Waals surface area contributed by atoms with Gasteiger partial charge in [-0.25, -0.2) is 0 Å². The predicted octanol–water partition coefficient (Wildman–Crippen LogP) is 4.14. The third-order valence-corrected chi connectivity index (χ3v) is 5.40. The Morgan fingerprint density at radius 1 is 1.21 bits per heavy atom. The van der Waals surface area contributed by atoms with Gasteiger partial charge in [0.05, 0.1) is 6.04 Å². The normalized spacial score (nSPS) is 28.1. The van der Waals surface area contributed by atoms with E-state index in [9.17, 15) is 4.79 Å². The van der Waals surface area contributed by atoms with Crippen LogP contribution in [0.15, 0.2) is 0 Å². The molecule has 4 atom stereocenters. The SMILES string of the molecule is CCC(C)C(=O)C(C)N1CC(C(C)CC)CC1(C)C. The van der Waals surface area contributed by atoms with Gasteiger partial charge in [0, 0.05) is 18.0 Å². The Morgan fingerprint density at radius 2 is 1.79 bits per heavy atom. The number of Topliss-reactive ketones (excluding diaryl/α,β-unsaturated/α-hetero) is 1. The molecule has 0 aromatic rings. The van der Waals surface area contributed by atoms with Crippen LogP contribution in [0.4, 0.5) is 0 Å². The Balaban J connectivity index is 2.79. The number of ketones is 1. The maximum absolute atomic E-state index is 12.5. The van der Waals surface area contributed by atoms with Gasteiger partial charge in [0.15, 0.2) is 5.78 Å². The van der Waals surface area contributed by atoms with Crippen LogP contribution >= 0.6 is 0 Å². The minimum Gasteiger partial charge on any atom is -0.298 e. The molecule has 0 bridgehead atoms. The maximum Gasteiger partial charge on any atom is 0.152 e. The van der Waals surface area contributed by atoms with Crippen LogP contribution in [0.1, 0.15) is 67.7 Å². The summed E-state index contributed by atoms with van der Waals surface area (Å²) in [4.78, 5) is 14.9. The van der Waals surface area contributed by atoms with E-state index in [1.54, 1.807) is 0 Å². The summed E-state index contributed by atoms with van der Waals surface area (Å²) in [6.45, 7) is 16.6. The number of nitrogens with zero attached hydrogens (tertiary/aromatic N) is 1. The molecule has 0 aliphatic carbocycles. The van der Waals surface area contributed by atoms with E-state index < -0.39 is 0 Å². The zero-order chi connectivity index (χ0) is 14.8. The van der Waals surface area contributed by atoms with Gasteiger partial charge in [-0.3, -0.25) is 9.69 Å². The van der Waals surface area contributed by atoms with Gasteiger partial charge >= 0.3 is 0 Å². The zero-order valence-corrected chi connectivity index (χ0v) is 14.0. The van der Waals surface area contributed by atoms with E-state index in [2.05, 4.69) is 53.4 Å². The fraction of sp³-hybridized carbons (Fsp3) is 0.941. The molecule has 0 saturated carbocycles. The summed E-state index contributed by atoms with van der Waals surface area (Å²) < 4.78 is 0. The molecular formula is C17H33NO. The van der Waals surface area contributed by atoms with Gasteiger partial charge in [-0.05, 0) is 45.4 Å². The molecule has 0 aromatic heterocycles. The van der Waals surface area contributed by atoms with Crippen LogP contribution in [0.25, 0.3) is 0 Å². The van der Waals surface area contributed by atoms with Gasteiger partial charge in [0.25, 0.3) is 0 Å². The second-order valence-electron chi connectivity index (χ2n) is 7.20. The number of rotatable bonds is 6. The number of likely N-dealkylation sites (tertiary alicyclic amines) is 1. The molecule has 0 radical (unpaired) electrons. The van der Waals surface area contributed by atoms with Crippen LogP contribution in [0, 0.1) is 17.8 Å². The van der Waals surface area contributed by atoms with Crippen molar-refractivity contribution in [1.82, 2.24) is 4.90 Å². The minimum absolute atomic E-state index is 0.0685. The molecule has 0 amide bonds. The standard InChI is InChI=1S/C17H33NO/c1-8-12(3)15-10-17(6,7)18(11-15)14(5)16(19)13(4)9-2/h12-15H,8-11H2,1-7H3. The highest BCUT2D eigenvalue weighted by Crippen LogP contribution is 2.39. The molecule has 1 saturated heterocycles. The summed E-state index contributed by atoms with van der Waals surface area (Å²) in [5.74, 6) is 2.11.